The van der Waals surface area contributed by atoms with Crippen molar-refractivity contribution >= 4 is 17.2 Å². The quantitative estimate of drug-likeness (QED) is 0.734. The van der Waals surface area contributed by atoms with Crippen molar-refractivity contribution < 1.29 is 17.9 Å². The van der Waals surface area contributed by atoms with E-state index in [-0.39, 0.29) is 18.8 Å². The fourth-order valence-electron chi connectivity index (χ4n) is 3.71. The Balaban J connectivity index is 1.59. The van der Waals surface area contributed by atoms with Gasteiger partial charge in [0.15, 0.2) is 10.8 Å². The van der Waals surface area contributed by atoms with Gasteiger partial charge in [-0.2, -0.15) is 0 Å². The maximum atomic E-state index is 13.5. The number of aromatic nitrogens is 3. The first-order chi connectivity index (χ1) is 13.5. The molecule has 4 rings (SSSR count). The number of alkyl halides is 3. The van der Waals surface area contributed by atoms with E-state index in [1.165, 1.54) is 11.3 Å². The van der Waals surface area contributed by atoms with E-state index in [1.807, 2.05) is 6.07 Å². The third-order valence-electron chi connectivity index (χ3n) is 5.32. The molecule has 152 valence electrons. The van der Waals surface area contributed by atoms with Gasteiger partial charge in [-0.1, -0.05) is 0 Å². The molecular weight excluding hydrogens is 389 g/mol. The molecule has 28 heavy (non-hydrogen) atoms. The Bertz CT molecular complexity index is 800. The molecule has 1 aliphatic heterocycles. The van der Waals surface area contributed by atoms with Crippen LogP contribution in [-0.4, -0.2) is 47.2 Å². The summed E-state index contributed by atoms with van der Waals surface area (Å²) in [6.07, 6.45) is 1.53. The number of thiazole rings is 1. The highest BCUT2D eigenvalue weighted by atomic mass is 32.1. The Morgan fingerprint density at radius 2 is 1.86 bits per heavy atom. The van der Waals surface area contributed by atoms with Gasteiger partial charge in [-0.05, 0) is 25.2 Å². The van der Waals surface area contributed by atoms with Crippen molar-refractivity contribution in [2.24, 2.45) is 5.92 Å². The summed E-state index contributed by atoms with van der Waals surface area (Å²) >= 11 is 1.32. The smallest absolute Gasteiger partial charge is 0.248 e. The van der Waals surface area contributed by atoms with Crippen molar-refractivity contribution in [3.8, 4) is 10.8 Å². The predicted octanol–water partition coefficient (Wildman–Crippen LogP) is 4.27. The third-order valence-corrected chi connectivity index (χ3v) is 6.20. The van der Waals surface area contributed by atoms with E-state index in [0.29, 0.717) is 49.0 Å². The molecule has 2 aromatic rings. The lowest BCUT2D eigenvalue weighted by atomic mass is 9.84. The van der Waals surface area contributed by atoms with Gasteiger partial charge in [0, 0.05) is 43.1 Å². The molecule has 1 saturated heterocycles. The first-order valence-electron chi connectivity index (χ1n) is 9.62. The maximum absolute atomic E-state index is 13.5. The molecule has 0 amide bonds. The third kappa shape index (κ3) is 4.63. The highest BCUT2D eigenvalue weighted by Gasteiger charge is 2.35. The Kier molecular flexibility index (Phi) is 5.82. The van der Waals surface area contributed by atoms with Crippen molar-refractivity contribution in [1.29, 1.82) is 0 Å². The number of rotatable bonds is 5. The van der Waals surface area contributed by atoms with Crippen LogP contribution in [0.4, 0.5) is 19.0 Å². The fourth-order valence-corrected chi connectivity index (χ4v) is 4.44. The molecule has 0 spiro atoms. The Hall–Kier alpha value is -1.74. The van der Waals surface area contributed by atoms with Gasteiger partial charge in [0.1, 0.15) is 12.5 Å². The second-order valence-electron chi connectivity index (χ2n) is 7.42. The standard InChI is InChI=1S/C19H23F3N4OS/c20-11-15-12-28-18(24-15)17-23-14(9-13-1-3-19(21,22)4-2-13)10-16(25-17)26-5-7-27-8-6-26/h10,12-13H,1-9,11H2. The highest BCUT2D eigenvalue weighted by molar-refractivity contribution is 7.13. The van der Waals surface area contributed by atoms with Crippen molar-refractivity contribution in [3.05, 3.63) is 22.8 Å². The number of hydrogen-bond acceptors (Lipinski definition) is 6. The first kappa shape index (κ1) is 19.6. The number of nitrogens with zero attached hydrogens (tertiary/aromatic N) is 4. The Morgan fingerprint density at radius 3 is 2.54 bits per heavy atom. The Labute approximate surface area is 166 Å². The lowest BCUT2D eigenvalue weighted by molar-refractivity contribution is -0.0457. The van der Waals surface area contributed by atoms with E-state index in [4.69, 9.17) is 4.74 Å². The molecule has 1 saturated carbocycles. The molecule has 0 bridgehead atoms. The van der Waals surface area contributed by atoms with E-state index >= 15 is 0 Å². The highest BCUT2D eigenvalue weighted by Crippen LogP contribution is 2.37. The second-order valence-corrected chi connectivity index (χ2v) is 8.28. The largest absolute Gasteiger partial charge is 0.378 e. The van der Waals surface area contributed by atoms with Crippen LogP contribution in [0.3, 0.4) is 0 Å². The minimum Gasteiger partial charge on any atom is -0.378 e. The van der Waals surface area contributed by atoms with Crippen LogP contribution in [0.1, 0.15) is 37.1 Å². The van der Waals surface area contributed by atoms with Crippen LogP contribution in [0.15, 0.2) is 11.4 Å². The number of hydrogen-bond donors (Lipinski definition) is 0. The van der Waals surface area contributed by atoms with Crippen molar-refractivity contribution in [2.75, 3.05) is 31.2 Å². The lowest BCUT2D eigenvalue weighted by Gasteiger charge is -2.29. The van der Waals surface area contributed by atoms with E-state index < -0.39 is 12.6 Å². The molecular formula is C19H23F3N4OS. The molecule has 2 aromatic heterocycles. The number of anilines is 1. The van der Waals surface area contributed by atoms with Crippen LogP contribution in [0.5, 0.6) is 0 Å². The molecule has 9 heteroatoms. The number of ether oxygens (including phenoxy) is 1. The van der Waals surface area contributed by atoms with E-state index in [0.717, 1.165) is 24.6 Å². The number of morpholine rings is 1. The van der Waals surface area contributed by atoms with Crippen LogP contribution in [0, 0.1) is 5.92 Å². The zero-order valence-electron chi connectivity index (χ0n) is 15.5. The fraction of sp³-hybridized carbons (Fsp3) is 0.632. The van der Waals surface area contributed by atoms with Crippen molar-refractivity contribution in [3.63, 3.8) is 0 Å². The maximum Gasteiger partial charge on any atom is 0.248 e. The predicted molar refractivity (Wildman–Crippen MR) is 102 cm³/mol. The summed E-state index contributed by atoms with van der Waals surface area (Å²) in [6.45, 7) is 2.12. The molecule has 5 nitrogen and oxygen atoms in total. The lowest BCUT2D eigenvalue weighted by Crippen LogP contribution is -2.37. The summed E-state index contributed by atoms with van der Waals surface area (Å²) in [4.78, 5) is 15.7. The molecule has 1 aliphatic carbocycles. The van der Waals surface area contributed by atoms with Gasteiger partial charge in [-0.15, -0.1) is 11.3 Å². The van der Waals surface area contributed by atoms with Gasteiger partial charge in [-0.3, -0.25) is 0 Å². The summed E-state index contributed by atoms with van der Waals surface area (Å²) in [5.41, 5.74) is 1.20. The van der Waals surface area contributed by atoms with Gasteiger partial charge in [-0.25, -0.2) is 28.1 Å². The molecule has 0 radical (unpaired) electrons. The van der Waals surface area contributed by atoms with E-state index in [2.05, 4.69) is 19.9 Å². The van der Waals surface area contributed by atoms with Crippen LogP contribution in [-0.2, 0) is 17.8 Å². The van der Waals surface area contributed by atoms with Crippen molar-refractivity contribution in [2.45, 2.75) is 44.7 Å². The van der Waals surface area contributed by atoms with Gasteiger partial charge in [0.25, 0.3) is 0 Å². The van der Waals surface area contributed by atoms with Gasteiger partial charge >= 0.3 is 0 Å². The molecule has 0 N–H and O–H groups in total. The van der Waals surface area contributed by atoms with E-state index in [9.17, 15) is 13.2 Å². The van der Waals surface area contributed by atoms with Crippen LogP contribution in [0.2, 0.25) is 0 Å². The Morgan fingerprint density at radius 1 is 1.11 bits per heavy atom. The van der Waals surface area contributed by atoms with Crippen LogP contribution in [0.25, 0.3) is 10.8 Å². The summed E-state index contributed by atoms with van der Waals surface area (Å²) in [5, 5.41) is 2.25. The summed E-state index contributed by atoms with van der Waals surface area (Å²) in [7, 11) is 0. The minimum atomic E-state index is -2.53. The van der Waals surface area contributed by atoms with Gasteiger partial charge < -0.3 is 9.64 Å². The second kappa shape index (κ2) is 8.32. The zero-order valence-corrected chi connectivity index (χ0v) is 16.4. The van der Waals surface area contributed by atoms with Gasteiger partial charge in [0.05, 0.1) is 18.9 Å². The van der Waals surface area contributed by atoms with Crippen LogP contribution < -0.4 is 4.90 Å². The molecule has 3 heterocycles. The van der Waals surface area contributed by atoms with Gasteiger partial charge in [0.2, 0.25) is 5.92 Å². The molecule has 0 atom stereocenters. The topological polar surface area (TPSA) is 51.1 Å². The monoisotopic (exact) mass is 412 g/mol. The summed E-state index contributed by atoms with van der Waals surface area (Å²) < 4.78 is 45.2. The molecule has 2 fully saturated rings. The minimum absolute atomic E-state index is 0.0573. The summed E-state index contributed by atoms with van der Waals surface area (Å²) in [6, 6.07) is 1.95. The van der Waals surface area contributed by atoms with E-state index in [1.54, 1.807) is 5.38 Å². The summed E-state index contributed by atoms with van der Waals surface area (Å²) in [5.74, 6) is -1.07. The molecule has 0 aromatic carbocycles. The molecule has 2 aliphatic rings. The zero-order chi connectivity index (χ0) is 19.6. The first-order valence-corrected chi connectivity index (χ1v) is 10.5. The molecule has 0 unspecified atom stereocenters. The average Bonchev–Trinajstić information content (AvgIpc) is 3.19. The average molecular weight is 412 g/mol. The normalized spacial score (nSPS) is 20.5. The number of halogens is 3. The van der Waals surface area contributed by atoms with Crippen LogP contribution >= 0.6 is 11.3 Å². The van der Waals surface area contributed by atoms with Crippen molar-refractivity contribution in [1.82, 2.24) is 15.0 Å². The SMILES string of the molecule is FCc1csc(-c2nc(CC3CCC(F)(F)CC3)cc(N3CCOCC3)n2)n1.